The standard InChI is InChI=1S/C15H23N5O/c1-11-5-3-4-6-13(11)21-8-7-16-14-9-12(2)19-15-17-10-18-20(14)15/h9-11,13,16H,3-8H2,1-2H3/t11-,13+/m1/s1. The van der Waals surface area contributed by atoms with Gasteiger partial charge in [0.15, 0.2) is 0 Å². The molecule has 0 radical (unpaired) electrons. The van der Waals surface area contributed by atoms with Crippen LogP contribution in [0.15, 0.2) is 12.4 Å². The monoisotopic (exact) mass is 289 g/mol. The van der Waals surface area contributed by atoms with Gasteiger partial charge < -0.3 is 10.1 Å². The largest absolute Gasteiger partial charge is 0.376 e. The minimum absolute atomic E-state index is 0.422. The minimum atomic E-state index is 0.422. The Labute approximate surface area is 124 Å². The van der Waals surface area contributed by atoms with Crippen LogP contribution in [0.2, 0.25) is 0 Å². The van der Waals surface area contributed by atoms with E-state index in [0.29, 0.717) is 24.4 Å². The number of hydrogen-bond donors (Lipinski definition) is 1. The molecule has 2 aromatic heterocycles. The van der Waals surface area contributed by atoms with Gasteiger partial charge in [0.1, 0.15) is 12.1 Å². The quantitative estimate of drug-likeness (QED) is 0.856. The first kappa shape index (κ1) is 14.3. The zero-order chi connectivity index (χ0) is 14.7. The molecule has 2 aromatic rings. The summed E-state index contributed by atoms with van der Waals surface area (Å²) in [6.45, 7) is 5.73. The number of rotatable bonds is 5. The average molecular weight is 289 g/mol. The highest BCUT2D eigenvalue weighted by atomic mass is 16.5. The summed E-state index contributed by atoms with van der Waals surface area (Å²) in [5.74, 6) is 2.22. The molecule has 6 nitrogen and oxygen atoms in total. The zero-order valence-electron chi connectivity index (χ0n) is 12.7. The number of nitrogens with one attached hydrogen (secondary N) is 1. The van der Waals surface area contributed by atoms with Crippen molar-refractivity contribution in [2.24, 2.45) is 5.92 Å². The van der Waals surface area contributed by atoms with E-state index in [1.54, 1.807) is 4.52 Å². The second-order valence-electron chi connectivity index (χ2n) is 5.85. The average Bonchev–Trinajstić information content (AvgIpc) is 2.93. The molecule has 1 aliphatic rings. The van der Waals surface area contributed by atoms with Crippen LogP contribution in [-0.2, 0) is 4.74 Å². The van der Waals surface area contributed by atoms with E-state index in [0.717, 1.165) is 18.1 Å². The van der Waals surface area contributed by atoms with Gasteiger partial charge in [-0.05, 0) is 25.7 Å². The zero-order valence-corrected chi connectivity index (χ0v) is 12.7. The van der Waals surface area contributed by atoms with Crippen LogP contribution in [0.5, 0.6) is 0 Å². The van der Waals surface area contributed by atoms with Crippen molar-refractivity contribution in [3.8, 4) is 0 Å². The Morgan fingerprint density at radius 3 is 3.10 bits per heavy atom. The Bertz CT molecular complexity index is 597. The number of anilines is 1. The Balaban J connectivity index is 1.53. The molecule has 114 valence electrons. The molecule has 0 aromatic carbocycles. The lowest BCUT2D eigenvalue weighted by Gasteiger charge is -2.28. The van der Waals surface area contributed by atoms with Gasteiger partial charge in [0.05, 0.1) is 12.7 Å². The molecule has 21 heavy (non-hydrogen) atoms. The van der Waals surface area contributed by atoms with E-state index in [2.05, 4.69) is 27.3 Å². The third kappa shape index (κ3) is 3.32. The number of aryl methyl sites for hydroxylation is 1. The topological polar surface area (TPSA) is 64.3 Å². The van der Waals surface area contributed by atoms with Gasteiger partial charge in [0.25, 0.3) is 5.78 Å². The summed E-state index contributed by atoms with van der Waals surface area (Å²) >= 11 is 0. The van der Waals surface area contributed by atoms with Gasteiger partial charge in [-0.2, -0.15) is 14.6 Å². The van der Waals surface area contributed by atoms with Crippen molar-refractivity contribution in [3.63, 3.8) is 0 Å². The molecular formula is C15H23N5O. The molecule has 0 unspecified atom stereocenters. The molecule has 1 saturated carbocycles. The van der Waals surface area contributed by atoms with Crippen molar-refractivity contribution < 1.29 is 4.74 Å². The fourth-order valence-corrected chi connectivity index (χ4v) is 2.98. The maximum absolute atomic E-state index is 6.02. The fraction of sp³-hybridized carbons (Fsp3) is 0.667. The van der Waals surface area contributed by atoms with Gasteiger partial charge >= 0.3 is 0 Å². The van der Waals surface area contributed by atoms with E-state index in [4.69, 9.17) is 4.74 Å². The van der Waals surface area contributed by atoms with Gasteiger partial charge in [-0.1, -0.05) is 19.8 Å². The molecule has 2 atom stereocenters. The summed E-state index contributed by atoms with van der Waals surface area (Å²) in [7, 11) is 0. The van der Waals surface area contributed by atoms with E-state index >= 15 is 0 Å². The molecule has 2 heterocycles. The molecule has 3 rings (SSSR count). The lowest BCUT2D eigenvalue weighted by molar-refractivity contribution is 0.000363. The highest BCUT2D eigenvalue weighted by Gasteiger charge is 2.21. The van der Waals surface area contributed by atoms with Crippen molar-refractivity contribution in [2.45, 2.75) is 45.6 Å². The van der Waals surface area contributed by atoms with Crippen LogP contribution >= 0.6 is 0 Å². The van der Waals surface area contributed by atoms with Crippen LogP contribution in [0.3, 0.4) is 0 Å². The molecule has 0 bridgehead atoms. The van der Waals surface area contributed by atoms with Crippen molar-refractivity contribution in [3.05, 3.63) is 18.1 Å². The molecule has 0 amide bonds. The number of hydrogen-bond acceptors (Lipinski definition) is 5. The lowest BCUT2D eigenvalue weighted by atomic mass is 9.88. The summed E-state index contributed by atoms with van der Waals surface area (Å²) in [5, 5.41) is 7.54. The van der Waals surface area contributed by atoms with Crippen molar-refractivity contribution >= 4 is 11.6 Å². The highest BCUT2D eigenvalue weighted by Crippen LogP contribution is 2.26. The van der Waals surface area contributed by atoms with Crippen LogP contribution in [0.25, 0.3) is 5.78 Å². The van der Waals surface area contributed by atoms with Crippen molar-refractivity contribution in [1.29, 1.82) is 0 Å². The molecule has 1 aliphatic carbocycles. The maximum Gasteiger partial charge on any atom is 0.254 e. The number of fused-ring (bicyclic) bond motifs is 1. The predicted octanol–water partition coefficient (Wildman–Crippen LogP) is 2.44. The van der Waals surface area contributed by atoms with Gasteiger partial charge in [-0.15, -0.1) is 0 Å². The van der Waals surface area contributed by atoms with Crippen LogP contribution in [0, 0.1) is 12.8 Å². The maximum atomic E-state index is 6.02. The second kappa shape index (κ2) is 6.39. The van der Waals surface area contributed by atoms with Crippen LogP contribution in [0.4, 0.5) is 5.82 Å². The summed E-state index contributed by atoms with van der Waals surface area (Å²) < 4.78 is 7.74. The van der Waals surface area contributed by atoms with Gasteiger partial charge in [-0.25, -0.2) is 4.98 Å². The summed E-state index contributed by atoms with van der Waals surface area (Å²) in [4.78, 5) is 8.45. The first-order valence-corrected chi connectivity index (χ1v) is 7.77. The predicted molar refractivity (Wildman–Crippen MR) is 81.4 cm³/mol. The SMILES string of the molecule is Cc1cc(NCCO[C@H]2CCCC[C@H]2C)n2ncnc2n1. The Morgan fingerprint density at radius 1 is 1.38 bits per heavy atom. The van der Waals surface area contributed by atoms with Gasteiger partial charge in [0, 0.05) is 18.3 Å². The van der Waals surface area contributed by atoms with Gasteiger partial charge in [0.2, 0.25) is 0 Å². The third-order valence-electron chi connectivity index (χ3n) is 4.15. The molecule has 6 heteroatoms. The van der Waals surface area contributed by atoms with E-state index in [-0.39, 0.29) is 0 Å². The first-order valence-electron chi connectivity index (χ1n) is 7.77. The number of aromatic nitrogens is 4. The number of nitrogens with zero attached hydrogens (tertiary/aromatic N) is 4. The molecule has 1 N–H and O–H groups in total. The molecular weight excluding hydrogens is 266 g/mol. The van der Waals surface area contributed by atoms with Gasteiger partial charge in [-0.3, -0.25) is 0 Å². The lowest BCUT2D eigenvalue weighted by Crippen LogP contribution is -2.27. The second-order valence-corrected chi connectivity index (χ2v) is 5.85. The minimum Gasteiger partial charge on any atom is -0.376 e. The van der Waals surface area contributed by atoms with Crippen molar-refractivity contribution in [1.82, 2.24) is 19.6 Å². The fourth-order valence-electron chi connectivity index (χ4n) is 2.98. The molecule has 1 fully saturated rings. The Hall–Kier alpha value is -1.69. The normalized spacial score (nSPS) is 22.6. The summed E-state index contributed by atoms with van der Waals surface area (Å²) in [6.07, 6.45) is 7.08. The van der Waals surface area contributed by atoms with Crippen molar-refractivity contribution in [2.75, 3.05) is 18.5 Å². The smallest absolute Gasteiger partial charge is 0.254 e. The summed E-state index contributed by atoms with van der Waals surface area (Å²) in [5.41, 5.74) is 0.930. The van der Waals surface area contributed by atoms with E-state index in [1.807, 2.05) is 13.0 Å². The van der Waals surface area contributed by atoms with E-state index < -0.39 is 0 Å². The Morgan fingerprint density at radius 2 is 2.24 bits per heavy atom. The molecule has 0 spiro atoms. The Kier molecular flexibility index (Phi) is 4.34. The summed E-state index contributed by atoms with van der Waals surface area (Å²) in [6, 6.07) is 1.98. The van der Waals surface area contributed by atoms with E-state index in [1.165, 1.54) is 32.0 Å². The first-order chi connectivity index (χ1) is 10.2. The highest BCUT2D eigenvalue weighted by molar-refractivity contribution is 5.44. The van der Waals surface area contributed by atoms with E-state index in [9.17, 15) is 0 Å². The number of ether oxygens (including phenoxy) is 1. The third-order valence-corrected chi connectivity index (χ3v) is 4.15. The van der Waals surface area contributed by atoms with Crippen LogP contribution in [-0.4, -0.2) is 38.8 Å². The van der Waals surface area contributed by atoms with Crippen LogP contribution < -0.4 is 5.32 Å². The molecule has 0 saturated heterocycles. The van der Waals surface area contributed by atoms with Crippen LogP contribution in [0.1, 0.15) is 38.3 Å². The molecule has 0 aliphatic heterocycles.